The van der Waals surface area contributed by atoms with Gasteiger partial charge in [-0.1, -0.05) is 46.3 Å². The van der Waals surface area contributed by atoms with Crippen LogP contribution in [0.1, 0.15) is 5.56 Å². The molecule has 4 nitrogen and oxygen atoms in total. The van der Waals surface area contributed by atoms with Crippen molar-refractivity contribution in [2.45, 2.75) is 6.42 Å². The van der Waals surface area contributed by atoms with E-state index in [2.05, 4.69) is 31.2 Å². The van der Waals surface area contributed by atoms with Gasteiger partial charge in [-0.2, -0.15) is 0 Å². The average Bonchev–Trinajstić information content (AvgIpc) is 3.21. The van der Waals surface area contributed by atoms with Crippen molar-refractivity contribution in [2.75, 3.05) is 5.32 Å². The fraction of sp³-hybridized carbons (Fsp3) is 0.0455. The van der Waals surface area contributed by atoms with Crippen molar-refractivity contribution in [3.63, 3.8) is 0 Å². The highest BCUT2D eigenvalue weighted by Crippen LogP contribution is 2.29. The predicted molar refractivity (Wildman–Crippen MR) is 117 cm³/mol. The summed E-state index contributed by atoms with van der Waals surface area (Å²) in [5.74, 6) is -0.0491. The fourth-order valence-corrected chi connectivity index (χ4v) is 3.83. The molecule has 0 radical (unpaired) electrons. The Morgan fingerprint density at radius 3 is 2.64 bits per heavy atom. The third-order valence-electron chi connectivity index (χ3n) is 4.11. The molecule has 0 aliphatic heterocycles. The van der Waals surface area contributed by atoms with Gasteiger partial charge < -0.3 is 5.32 Å². The maximum absolute atomic E-state index is 12.4. The first kappa shape index (κ1) is 18.5. The predicted octanol–water partition coefficient (Wildman–Crippen LogP) is 5.82. The Bertz CT molecular complexity index is 1090. The van der Waals surface area contributed by atoms with Crippen LogP contribution in [0.4, 0.5) is 5.69 Å². The van der Waals surface area contributed by atoms with Crippen LogP contribution in [0.25, 0.3) is 22.0 Å². The Balaban J connectivity index is 1.48. The summed E-state index contributed by atoms with van der Waals surface area (Å²) in [6.45, 7) is 0. The Morgan fingerprint density at radius 1 is 1.00 bits per heavy atom. The molecule has 0 bridgehead atoms. The van der Waals surface area contributed by atoms with Crippen LogP contribution in [0, 0.1) is 0 Å². The number of rotatable bonds is 5. The van der Waals surface area contributed by atoms with Crippen molar-refractivity contribution in [3.05, 3.63) is 88.3 Å². The summed E-state index contributed by atoms with van der Waals surface area (Å²) < 4.78 is 0.998. The molecule has 1 amide bonds. The van der Waals surface area contributed by atoms with E-state index in [4.69, 9.17) is 0 Å². The molecule has 6 heteroatoms. The van der Waals surface area contributed by atoms with Gasteiger partial charge in [-0.05, 0) is 42.0 Å². The molecule has 0 spiro atoms. The molecule has 0 aliphatic rings. The van der Waals surface area contributed by atoms with Gasteiger partial charge in [0.2, 0.25) is 5.91 Å². The summed E-state index contributed by atoms with van der Waals surface area (Å²) >= 11 is 4.96. The topological polar surface area (TPSA) is 54.9 Å². The highest BCUT2D eigenvalue weighted by Gasteiger charge is 2.09. The molecule has 0 aliphatic carbocycles. The van der Waals surface area contributed by atoms with Gasteiger partial charge in [-0.25, -0.2) is 4.98 Å². The van der Waals surface area contributed by atoms with Crippen LogP contribution in [-0.2, 0) is 11.2 Å². The average molecular weight is 450 g/mol. The van der Waals surface area contributed by atoms with Crippen LogP contribution in [0.3, 0.4) is 0 Å². The van der Waals surface area contributed by atoms with Gasteiger partial charge in [0.15, 0.2) is 0 Å². The lowest BCUT2D eigenvalue weighted by molar-refractivity contribution is -0.115. The molecule has 28 heavy (non-hydrogen) atoms. The van der Waals surface area contributed by atoms with Gasteiger partial charge in [0.1, 0.15) is 5.01 Å². The molecule has 138 valence electrons. The molecule has 1 N–H and O–H groups in total. The monoisotopic (exact) mass is 449 g/mol. The zero-order valence-electron chi connectivity index (χ0n) is 14.8. The number of aromatic nitrogens is 2. The molecule has 4 rings (SSSR count). The van der Waals surface area contributed by atoms with E-state index >= 15 is 0 Å². The number of anilines is 1. The zero-order chi connectivity index (χ0) is 19.3. The van der Waals surface area contributed by atoms with E-state index in [9.17, 15) is 4.79 Å². The van der Waals surface area contributed by atoms with E-state index in [1.807, 2.05) is 72.1 Å². The van der Waals surface area contributed by atoms with E-state index in [-0.39, 0.29) is 5.91 Å². The Hall–Kier alpha value is -2.83. The fourth-order valence-electron chi connectivity index (χ4n) is 2.76. The minimum absolute atomic E-state index is 0.0491. The molecule has 0 unspecified atom stereocenters. The molecular formula is C22H16BrN3OS. The third kappa shape index (κ3) is 4.52. The summed E-state index contributed by atoms with van der Waals surface area (Å²) in [7, 11) is 0. The van der Waals surface area contributed by atoms with E-state index in [1.54, 1.807) is 17.5 Å². The van der Waals surface area contributed by atoms with E-state index in [0.717, 1.165) is 37.7 Å². The standard InChI is InChI=1S/C22H16BrN3OS/c23-17-9-7-15(8-10-17)12-21(27)25-18-5-3-4-16(13-18)20-14-28-22(26-20)19-6-1-2-11-24-19/h1-11,13-14H,12H2,(H,25,27). The maximum atomic E-state index is 12.4. The SMILES string of the molecule is O=C(Cc1ccc(Br)cc1)Nc1cccc(-c2csc(-c3ccccn3)n2)c1. The number of halogens is 1. The maximum Gasteiger partial charge on any atom is 0.228 e. The zero-order valence-corrected chi connectivity index (χ0v) is 17.2. The van der Waals surface area contributed by atoms with Gasteiger partial charge in [0.05, 0.1) is 17.8 Å². The summed E-state index contributed by atoms with van der Waals surface area (Å²) in [5, 5.41) is 5.85. The number of benzene rings is 2. The number of carbonyl (C=O) groups excluding carboxylic acids is 1. The Labute approximate surface area is 175 Å². The summed E-state index contributed by atoms with van der Waals surface area (Å²) in [5.41, 5.74) is 4.41. The number of carbonyl (C=O) groups is 1. The van der Waals surface area contributed by atoms with Crippen molar-refractivity contribution in [1.82, 2.24) is 9.97 Å². The first-order chi connectivity index (χ1) is 13.7. The number of nitrogens with zero attached hydrogens (tertiary/aromatic N) is 2. The lowest BCUT2D eigenvalue weighted by Gasteiger charge is -2.07. The second-order valence-electron chi connectivity index (χ2n) is 6.19. The van der Waals surface area contributed by atoms with E-state index in [0.29, 0.717) is 6.42 Å². The van der Waals surface area contributed by atoms with Crippen molar-refractivity contribution >= 4 is 38.9 Å². The van der Waals surface area contributed by atoms with Crippen molar-refractivity contribution < 1.29 is 4.79 Å². The van der Waals surface area contributed by atoms with Gasteiger partial charge >= 0.3 is 0 Å². The van der Waals surface area contributed by atoms with Crippen LogP contribution in [0.15, 0.2) is 82.8 Å². The van der Waals surface area contributed by atoms with Crippen LogP contribution in [0.2, 0.25) is 0 Å². The number of nitrogens with one attached hydrogen (secondary N) is 1. The molecule has 2 aromatic heterocycles. The molecule has 0 atom stereocenters. The minimum atomic E-state index is -0.0491. The second-order valence-corrected chi connectivity index (χ2v) is 7.96. The molecule has 4 aromatic rings. The first-order valence-corrected chi connectivity index (χ1v) is 10.4. The quantitative estimate of drug-likeness (QED) is 0.417. The van der Waals surface area contributed by atoms with Crippen molar-refractivity contribution in [1.29, 1.82) is 0 Å². The number of amides is 1. The van der Waals surface area contributed by atoms with Gasteiger partial charge in [0.25, 0.3) is 0 Å². The van der Waals surface area contributed by atoms with Crippen LogP contribution in [0.5, 0.6) is 0 Å². The summed E-state index contributed by atoms with van der Waals surface area (Å²) in [6, 6.07) is 21.3. The Kier molecular flexibility index (Phi) is 5.60. The van der Waals surface area contributed by atoms with E-state index in [1.165, 1.54) is 0 Å². The minimum Gasteiger partial charge on any atom is -0.326 e. The largest absolute Gasteiger partial charge is 0.326 e. The van der Waals surface area contributed by atoms with Crippen LogP contribution >= 0.6 is 27.3 Å². The summed E-state index contributed by atoms with van der Waals surface area (Å²) in [6.07, 6.45) is 2.09. The lowest BCUT2D eigenvalue weighted by atomic mass is 10.1. The number of hydrogen-bond donors (Lipinski definition) is 1. The van der Waals surface area contributed by atoms with E-state index < -0.39 is 0 Å². The number of pyridine rings is 1. The third-order valence-corrected chi connectivity index (χ3v) is 5.50. The van der Waals surface area contributed by atoms with Gasteiger partial charge in [-0.15, -0.1) is 11.3 Å². The second kappa shape index (κ2) is 8.46. The molecule has 0 saturated carbocycles. The lowest BCUT2D eigenvalue weighted by Crippen LogP contribution is -2.14. The smallest absolute Gasteiger partial charge is 0.228 e. The summed E-state index contributed by atoms with van der Waals surface area (Å²) in [4.78, 5) is 21.4. The first-order valence-electron chi connectivity index (χ1n) is 8.69. The molecule has 0 fully saturated rings. The van der Waals surface area contributed by atoms with Gasteiger partial charge in [0, 0.05) is 27.3 Å². The number of thiazole rings is 1. The van der Waals surface area contributed by atoms with Crippen LogP contribution < -0.4 is 5.32 Å². The number of hydrogen-bond acceptors (Lipinski definition) is 4. The van der Waals surface area contributed by atoms with Crippen molar-refractivity contribution in [3.8, 4) is 22.0 Å². The molecule has 2 heterocycles. The van der Waals surface area contributed by atoms with Crippen LogP contribution in [-0.4, -0.2) is 15.9 Å². The normalized spacial score (nSPS) is 10.6. The van der Waals surface area contributed by atoms with Gasteiger partial charge in [-0.3, -0.25) is 9.78 Å². The Morgan fingerprint density at radius 2 is 1.86 bits per heavy atom. The highest BCUT2D eigenvalue weighted by molar-refractivity contribution is 9.10. The molecule has 2 aromatic carbocycles. The highest BCUT2D eigenvalue weighted by atomic mass is 79.9. The molecule has 0 saturated heterocycles. The molecular weight excluding hydrogens is 434 g/mol. The van der Waals surface area contributed by atoms with Crippen molar-refractivity contribution in [2.24, 2.45) is 0 Å².